The number of aromatic nitrogens is 2. The Kier molecular flexibility index (Phi) is 3.05. The number of nitrogens with zero attached hydrogens (tertiary/aromatic N) is 3. The molecule has 94 valence electrons. The van der Waals surface area contributed by atoms with E-state index in [1.807, 2.05) is 0 Å². The Hall–Kier alpha value is -1.57. The number of sulfone groups is 1. The number of amides is 1. The summed E-state index contributed by atoms with van der Waals surface area (Å²) in [6.45, 7) is 0.618. The predicted octanol–water partition coefficient (Wildman–Crippen LogP) is -1.28. The van der Waals surface area contributed by atoms with E-state index in [1.165, 1.54) is 10.9 Å². The molecule has 0 atom stereocenters. The summed E-state index contributed by atoms with van der Waals surface area (Å²) >= 11 is 0. The van der Waals surface area contributed by atoms with Crippen molar-refractivity contribution in [3.05, 3.63) is 12.4 Å². The van der Waals surface area contributed by atoms with Crippen LogP contribution < -0.4 is 5.73 Å². The first-order valence-corrected chi connectivity index (χ1v) is 7.04. The van der Waals surface area contributed by atoms with Gasteiger partial charge in [-0.15, -0.1) is 0 Å². The summed E-state index contributed by atoms with van der Waals surface area (Å²) in [7, 11) is -2.95. The van der Waals surface area contributed by atoms with E-state index < -0.39 is 9.84 Å². The standard InChI is InChI=1S/C9H14N4O3S/c10-8-5-11-13(6-8)7-9(14)12-1-3-17(15,16)4-2-12/h5-6H,1-4,7,10H2. The zero-order valence-corrected chi connectivity index (χ0v) is 10.1. The first kappa shape index (κ1) is 11.9. The van der Waals surface area contributed by atoms with Crippen LogP contribution in [0.15, 0.2) is 12.4 Å². The van der Waals surface area contributed by atoms with Gasteiger partial charge in [-0.25, -0.2) is 8.42 Å². The molecule has 1 aromatic rings. The smallest absolute Gasteiger partial charge is 0.244 e. The van der Waals surface area contributed by atoms with E-state index in [1.54, 1.807) is 11.1 Å². The lowest BCUT2D eigenvalue weighted by Crippen LogP contribution is -2.45. The molecule has 1 fully saturated rings. The van der Waals surface area contributed by atoms with Gasteiger partial charge in [0, 0.05) is 19.3 Å². The fourth-order valence-electron chi connectivity index (χ4n) is 1.67. The third-order valence-corrected chi connectivity index (χ3v) is 4.26. The summed E-state index contributed by atoms with van der Waals surface area (Å²) in [5, 5.41) is 3.91. The minimum absolute atomic E-state index is 0.0417. The molecular formula is C9H14N4O3S. The first-order chi connectivity index (χ1) is 7.96. The van der Waals surface area contributed by atoms with Gasteiger partial charge in [0.05, 0.1) is 23.4 Å². The monoisotopic (exact) mass is 258 g/mol. The molecule has 1 aliphatic rings. The maximum Gasteiger partial charge on any atom is 0.244 e. The van der Waals surface area contributed by atoms with Crippen molar-refractivity contribution in [3.8, 4) is 0 Å². The van der Waals surface area contributed by atoms with E-state index in [9.17, 15) is 13.2 Å². The largest absolute Gasteiger partial charge is 0.396 e. The zero-order chi connectivity index (χ0) is 12.5. The van der Waals surface area contributed by atoms with Gasteiger partial charge >= 0.3 is 0 Å². The fraction of sp³-hybridized carbons (Fsp3) is 0.556. The van der Waals surface area contributed by atoms with Crippen LogP contribution in [0.25, 0.3) is 0 Å². The summed E-state index contributed by atoms with van der Waals surface area (Å²) in [5.74, 6) is -0.0528. The minimum atomic E-state index is -2.95. The predicted molar refractivity (Wildman–Crippen MR) is 61.9 cm³/mol. The molecule has 0 saturated carbocycles. The van der Waals surface area contributed by atoms with Crippen molar-refractivity contribution in [1.29, 1.82) is 0 Å². The highest BCUT2D eigenvalue weighted by atomic mass is 32.2. The number of nitrogens with two attached hydrogens (primary N) is 1. The summed E-state index contributed by atoms with van der Waals surface area (Å²) < 4.78 is 23.9. The SMILES string of the molecule is Nc1cnn(CC(=O)N2CCS(=O)(=O)CC2)c1. The van der Waals surface area contributed by atoms with Gasteiger partial charge < -0.3 is 10.6 Å². The summed E-state index contributed by atoms with van der Waals surface area (Å²) in [6.07, 6.45) is 3.03. The lowest BCUT2D eigenvalue weighted by molar-refractivity contribution is -0.131. The van der Waals surface area contributed by atoms with Crippen LogP contribution in [-0.4, -0.2) is 53.6 Å². The Morgan fingerprint density at radius 1 is 1.41 bits per heavy atom. The van der Waals surface area contributed by atoms with Crippen LogP contribution in [0, 0.1) is 0 Å². The molecular weight excluding hydrogens is 244 g/mol. The van der Waals surface area contributed by atoms with Gasteiger partial charge in [-0.05, 0) is 0 Å². The molecule has 1 saturated heterocycles. The summed E-state index contributed by atoms with van der Waals surface area (Å²) in [5.41, 5.74) is 5.98. The average molecular weight is 258 g/mol. The Bertz CT molecular complexity index is 508. The highest BCUT2D eigenvalue weighted by Gasteiger charge is 2.24. The van der Waals surface area contributed by atoms with Crippen LogP contribution in [0.4, 0.5) is 5.69 Å². The van der Waals surface area contributed by atoms with Gasteiger partial charge in [0.15, 0.2) is 9.84 Å². The van der Waals surface area contributed by atoms with Gasteiger partial charge in [0.2, 0.25) is 5.91 Å². The number of hydrogen-bond acceptors (Lipinski definition) is 5. The van der Waals surface area contributed by atoms with Crippen molar-refractivity contribution in [3.63, 3.8) is 0 Å². The van der Waals surface area contributed by atoms with Crippen LogP contribution in [0.3, 0.4) is 0 Å². The molecule has 0 bridgehead atoms. The minimum Gasteiger partial charge on any atom is -0.396 e. The molecule has 2 rings (SSSR count). The Morgan fingerprint density at radius 3 is 2.59 bits per heavy atom. The maximum atomic E-state index is 11.8. The molecule has 2 N–H and O–H groups in total. The maximum absolute atomic E-state index is 11.8. The molecule has 0 aromatic carbocycles. The molecule has 1 aromatic heterocycles. The van der Waals surface area contributed by atoms with E-state index in [0.717, 1.165) is 0 Å². The zero-order valence-electron chi connectivity index (χ0n) is 9.24. The second-order valence-electron chi connectivity index (χ2n) is 4.00. The molecule has 17 heavy (non-hydrogen) atoms. The number of hydrogen-bond donors (Lipinski definition) is 1. The lowest BCUT2D eigenvalue weighted by atomic mass is 10.4. The number of nitrogen functional groups attached to an aromatic ring is 1. The van der Waals surface area contributed by atoms with Gasteiger partial charge in [-0.2, -0.15) is 5.10 Å². The van der Waals surface area contributed by atoms with Crippen molar-refractivity contribution in [2.24, 2.45) is 0 Å². The topological polar surface area (TPSA) is 98.3 Å². The van der Waals surface area contributed by atoms with Crippen molar-refractivity contribution in [2.45, 2.75) is 6.54 Å². The first-order valence-electron chi connectivity index (χ1n) is 5.22. The molecule has 2 heterocycles. The third kappa shape index (κ3) is 2.96. The van der Waals surface area contributed by atoms with Gasteiger partial charge in [-0.1, -0.05) is 0 Å². The van der Waals surface area contributed by atoms with E-state index in [-0.39, 0.29) is 37.0 Å². The van der Waals surface area contributed by atoms with Crippen molar-refractivity contribution < 1.29 is 13.2 Å². The number of carbonyl (C=O) groups is 1. The van der Waals surface area contributed by atoms with E-state index in [2.05, 4.69) is 5.10 Å². The Balaban J connectivity index is 1.93. The van der Waals surface area contributed by atoms with Crippen molar-refractivity contribution in [1.82, 2.24) is 14.7 Å². The Morgan fingerprint density at radius 2 is 2.06 bits per heavy atom. The van der Waals surface area contributed by atoms with Crippen LogP contribution in [-0.2, 0) is 21.2 Å². The molecule has 1 amide bonds. The fourth-order valence-corrected chi connectivity index (χ4v) is 2.87. The highest BCUT2D eigenvalue weighted by molar-refractivity contribution is 7.91. The molecule has 0 aliphatic carbocycles. The van der Waals surface area contributed by atoms with Gasteiger partial charge in [0.25, 0.3) is 0 Å². The lowest BCUT2D eigenvalue weighted by Gasteiger charge is -2.26. The molecule has 8 heteroatoms. The van der Waals surface area contributed by atoms with Crippen molar-refractivity contribution >= 4 is 21.4 Å². The van der Waals surface area contributed by atoms with Crippen LogP contribution in [0.5, 0.6) is 0 Å². The van der Waals surface area contributed by atoms with Gasteiger partial charge in [0.1, 0.15) is 6.54 Å². The number of rotatable bonds is 2. The normalized spacial score (nSPS) is 19.2. The van der Waals surface area contributed by atoms with Gasteiger partial charge in [-0.3, -0.25) is 9.48 Å². The van der Waals surface area contributed by atoms with E-state index in [4.69, 9.17) is 5.73 Å². The number of carbonyl (C=O) groups excluding carboxylic acids is 1. The molecule has 0 radical (unpaired) electrons. The second-order valence-corrected chi connectivity index (χ2v) is 6.31. The highest BCUT2D eigenvalue weighted by Crippen LogP contribution is 2.05. The van der Waals surface area contributed by atoms with E-state index in [0.29, 0.717) is 5.69 Å². The van der Waals surface area contributed by atoms with Crippen LogP contribution in [0.1, 0.15) is 0 Å². The molecule has 0 unspecified atom stereocenters. The molecule has 0 spiro atoms. The van der Waals surface area contributed by atoms with Crippen LogP contribution >= 0.6 is 0 Å². The summed E-state index contributed by atoms with van der Waals surface area (Å²) in [6, 6.07) is 0. The quantitative estimate of drug-likeness (QED) is 0.712. The van der Waals surface area contributed by atoms with E-state index >= 15 is 0 Å². The molecule has 1 aliphatic heterocycles. The van der Waals surface area contributed by atoms with Crippen molar-refractivity contribution in [2.75, 3.05) is 30.3 Å². The molecule has 7 nitrogen and oxygen atoms in total. The van der Waals surface area contributed by atoms with Crippen LogP contribution in [0.2, 0.25) is 0 Å². The average Bonchev–Trinajstić information content (AvgIpc) is 2.63. The Labute approximate surface area is 99.1 Å². The third-order valence-electron chi connectivity index (χ3n) is 2.65. The second kappa shape index (κ2) is 4.36. The number of anilines is 1. The summed E-state index contributed by atoms with van der Waals surface area (Å²) in [4.78, 5) is 13.4.